The molecular formula is C29H23N3O5S2. The first-order chi connectivity index (χ1) is 18.9. The van der Waals surface area contributed by atoms with Crippen LogP contribution in [0.15, 0.2) is 107 Å². The predicted molar refractivity (Wildman–Crippen MR) is 154 cm³/mol. The third kappa shape index (κ3) is 8.16. The molecule has 0 spiro atoms. The maximum Gasteiger partial charge on any atom is 0.335 e. The number of carboxylic acids is 1. The van der Waals surface area contributed by atoms with Gasteiger partial charge in [0.15, 0.2) is 0 Å². The molecule has 0 unspecified atom stereocenters. The fourth-order valence-corrected chi connectivity index (χ4v) is 4.72. The SMILES string of the molecule is O=C(CSc1ccc(NC(=O)/C(=C/c2cccs2)NC(=O)c2ccccc2)cc1)Nc1cccc(C(=O)O)c1. The summed E-state index contributed by atoms with van der Waals surface area (Å²) in [6.45, 7) is 0. The number of benzene rings is 3. The van der Waals surface area contributed by atoms with E-state index >= 15 is 0 Å². The maximum atomic E-state index is 13.1. The molecule has 196 valence electrons. The van der Waals surface area contributed by atoms with Crippen LogP contribution in [-0.4, -0.2) is 34.6 Å². The highest BCUT2D eigenvalue weighted by Gasteiger charge is 2.15. The summed E-state index contributed by atoms with van der Waals surface area (Å²) in [7, 11) is 0. The van der Waals surface area contributed by atoms with Gasteiger partial charge < -0.3 is 21.1 Å². The number of thioether (sulfide) groups is 1. The van der Waals surface area contributed by atoms with Gasteiger partial charge in [-0.2, -0.15) is 0 Å². The Morgan fingerprint density at radius 1 is 0.795 bits per heavy atom. The molecule has 1 heterocycles. The Hall–Kier alpha value is -4.67. The van der Waals surface area contributed by atoms with Crippen LogP contribution in [0.5, 0.6) is 0 Å². The van der Waals surface area contributed by atoms with E-state index in [4.69, 9.17) is 5.11 Å². The van der Waals surface area contributed by atoms with Gasteiger partial charge in [-0.25, -0.2) is 4.79 Å². The first-order valence-electron chi connectivity index (χ1n) is 11.7. The summed E-state index contributed by atoms with van der Waals surface area (Å²) in [5.74, 6) is -2.11. The summed E-state index contributed by atoms with van der Waals surface area (Å²) in [6, 6.07) is 25.3. The lowest BCUT2D eigenvalue weighted by Gasteiger charge is -2.11. The number of hydrogen-bond donors (Lipinski definition) is 4. The number of aromatic carboxylic acids is 1. The zero-order chi connectivity index (χ0) is 27.6. The number of nitrogens with one attached hydrogen (secondary N) is 3. The molecule has 0 saturated carbocycles. The second-order valence-corrected chi connectivity index (χ2v) is 10.1. The van der Waals surface area contributed by atoms with Crippen LogP contribution >= 0.6 is 23.1 Å². The molecule has 0 saturated heterocycles. The Kier molecular flexibility index (Phi) is 9.28. The van der Waals surface area contributed by atoms with Crippen molar-refractivity contribution in [2.75, 3.05) is 16.4 Å². The van der Waals surface area contributed by atoms with Crippen molar-refractivity contribution in [3.8, 4) is 0 Å². The number of amides is 3. The van der Waals surface area contributed by atoms with Crippen LogP contribution in [0, 0.1) is 0 Å². The Morgan fingerprint density at radius 3 is 2.23 bits per heavy atom. The molecule has 0 aliphatic carbocycles. The Bertz CT molecular complexity index is 1500. The van der Waals surface area contributed by atoms with Gasteiger partial charge in [0.2, 0.25) is 5.91 Å². The van der Waals surface area contributed by atoms with E-state index in [0.29, 0.717) is 16.9 Å². The number of carboxylic acid groups (broad SMARTS) is 1. The molecule has 10 heteroatoms. The molecule has 4 aromatic rings. The zero-order valence-corrected chi connectivity index (χ0v) is 22.1. The van der Waals surface area contributed by atoms with Gasteiger partial charge in [0, 0.05) is 26.7 Å². The van der Waals surface area contributed by atoms with Crippen molar-refractivity contribution in [2.45, 2.75) is 4.90 Å². The van der Waals surface area contributed by atoms with E-state index in [1.165, 1.54) is 35.2 Å². The van der Waals surface area contributed by atoms with Gasteiger partial charge in [-0.3, -0.25) is 14.4 Å². The van der Waals surface area contributed by atoms with Crippen molar-refractivity contribution < 1.29 is 24.3 Å². The molecule has 4 rings (SSSR count). The van der Waals surface area contributed by atoms with Crippen molar-refractivity contribution in [1.82, 2.24) is 5.32 Å². The van der Waals surface area contributed by atoms with E-state index in [2.05, 4.69) is 16.0 Å². The minimum atomic E-state index is -1.07. The van der Waals surface area contributed by atoms with Crippen LogP contribution in [0.1, 0.15) is 25.6 Å². The smallest absolute Gasteiger partial charge is 0.335 e. The van der Waals surface area contributed by atoms with Crippen molar-refractivity contribution in [1.29, 1.82) is 0 Å². The molecule has 0 radical (unpaired) electrons. The normalized spacial score (nSPS) is 10.9. The predicted octanol–water partition coefficient (Wildman–Crippen LogP) is 5.59. The van der Waals surface area contributed by atoms with Gasteiger partial charge in [0.25, 0.3) is 11.8 Å². The van der Waals surface area contributed by atoms with Gasteiger partial charge in [0.05, 0.1) is 11.3 Å². The summed E-state index contributed by atoms with van der Waals surface area (Å²) in [4.78, 5) is 50.8. The summed E-state index contributed by atoms with van der Waals surface area (Å²) in [5, 5.41) is 19.1. The number of thiophene rings is 1. The van der Waals surface area contributed by atoms with E-state index in [-0.39, 0.29) is 22.9 Å². The van der Waals surface area contributed by atoms with Gasteiger partial charge in [-0.15, -0.1) is 23.1 Å². The Morgan fingerprint density at radius 2 is 1.54 bits per heavy atom. The van der Waals surface area contributed by atoms with E-state index in [1.807, 2.05) is 17.5 Å². The molecule has 8 nitrogen and oxygen atoms in total. The lowest BCUT2D eigenvalue weighted by atomic mass is 10.2. The minimum absolute atomic E-state index is 0.0890. The third-order valence-electron chi connectivity index (χ3n) is 5.23. The molecule has 0 aliphatic heterocycles. The van der Waals surface area contributed by atoms with Gasteiger partial charge in [-0.1, -0.05) is 30.3 Å². The summed E-state index contributed by atoms with van der Waals surface area (Å²) >= 11 is 2.73. The number of hydrogen-bond acceptors (Lipinski definition) is 6. The van der Waals surface area contributed by atoms with Crippen LogP contribution in [-0.2, 0) is 9.59 Å². The van der Waals surface area contributed by atoms with Crippen molar-refractivity contribution in [2.24, 2.45) is 0 Å². The summed E-state index contributed by atoms with van der Waals surface area (Å²) in [5.41, 5.74) is 1.55. The monoisotopic (exact) mass is 557 g/mol. The molecular weight excluding hydrogens is 534 g/mol. The van der Waals surface area contributed by atoms with Gasteiger partial charge >= 0.3 is 5.97 Å². The Balaban J connectivity index is 1.35. The van der Waals surface area contributed by atoms with Crippen LogP contribution in [0.3, 0.4) is 0 Å². The highest BCUT2D eigenvalue weighted by atomic mass is 32.2. The minimum Gasteiger partial charge on any atom is -0.478 e. The quantitative estimate of drug-likeness (QED) is 0.149. The molecule has 3 amide bonds. The largest absolute Gasteiger partial charge is 0.478 e. The highest BCUT2D eigenvalue weighted by molar-refractivity contribution is 8.00. The summed E-state index contributed by atoms with van der Waals surface area (Å²) in [6.07, 6.45) is 1.62. The standard InChI is InChI=1S/C29H23N3O5S2/c33-26(30-22-9-4-8-20(16-22)29(36)37)18-39-23-13-11-21(12-14-23)31-28(35)25(17-24-10-5-15-38-24)32-27(34)19-6-2-1-3-7-19/h1-17H,18H2,(H,30,33)(H,31,35)(H,32,34)(H,36,37)/b25-17-. The molecule has 0 fully saturated rings. The van der Waals surface area contributed by atoms with Crippen LogP contribution in [0.25, 0.3) is 6.08 Å². The fourth-order valence-electron chi connectivity index (χ4n) is 3.37. The lowest BCUT2D eigenvalue weighted by Crippen LogP contribution is -2.30. The summed E-state index contributed by atoms with van der Waals surface area (Å²) < 4.78 is 0. The first kappa shape index (κ1) is 27.4. The van der Waals surface area contributed by atoms with Crippen LogP contribution < -0.4 is 16.0 Å². The molecule has 4 N–H and O–H groups in total. The number of anilines is 2. The topological polar surface area (TPSA) is 125 Å². The third-order valence-corrected chi connectivity index (χ3v) is 7.07. The van der Waals surface area contributed by atoms with E-state index in [9.17, 15) is 19.2 Å². The molecule has 1 aromatic heterocycles. The number of rotatable bonds is 10. The number of carbonyl (C=O) groups excluding carboxylic acids is 3. The Labute approximate surface area is 232 Å². The number of carbonyl (C=O) groups is 4. The first-order valence-corrected chi connectivity index (χ1v) is 13.5. The van der Waals surface area contributed by atoms with Crippen LogP contribution in [0.2, 0.25) is 0 Å². The lowest BCUT2D eigenvalue weighted by molar-refractivity contribution is -0.114. The molecule has 0 atom stereocenters. The van der Waals surface area contributed by atoms with Crippen molar-refractivity contribution in [3.63, 3.8) is 0 Å². The molecule has 0 aliphatic rings. The second-order valence-electron chi connectivity index (χ2n) is 8.09. The van der Waals surface area contributed by atoms with Gasteiger partial charge in [0.1, 0.15) is 5.70 Å². The van der Waals surface area contributed by atoms with E-state index in [1.54, 1.807) is 72.8 Å². The van der Waals surface area contributed by atoms with Crippen molar-refractivity contribution >= 4 is 64.2 Å². The highest BCUT2D eigenvalue weighted by Crippen LogP contribution is 2.22. The molecule has 3 aromatic carbocycles. The fraction of sp³-hybridized carbons (Fsp3) is 0.0345. The van der Waals surface area contributed by atoms with E-state index < -0.39 is 17.8 Å². The average Bonchev–Trinajstić information content (AvgIpc) is 3.46. The average molecular weight is 558 g/mol. The molecule has 39 heavy (non-hydrogen) atoms. The molecule has 0 bridgehead atoms. The van der Waals surface area contributed by atoms with Crippen LogP contribution in [0.4, 0.5) is 11.4 Å². The van der Waals surface area contributed by atoms with Gasteiger partial charge in [-0.05, 0) is 72.1 Å². The zero-order valence-electron chi connectivity index (χ0n) is 20.4. The van der Waals surface area contributed by atoms with E-state index in [0.717, 1.165) is 9.77 Å². The van der Waals surface area contributed by atoms with Crippen molar-refractivity contribution in [3.05, 3.63) is 118 Å². The second kappa shape index (κ2) is 13.2. The maximum absolute atomic E-state index is 13.1.